The summed E-state index contributed by atoms with van der Waals surface area (Å²) in [4.78, 5) is 45.0. The summed E-state index contributed by atoms with van der Waals surface area (Å²) in [6.45, 7) is 5.59. The summed E-state index contributed by atoms with van der Waals surface area (Å²) in [5.74, 6) is -0.655. The third-order valence-electron chi connectivity index (χ3n) is 5.95. The number of halogens is 1. The summed E-state index contributed by atoms with van der Waals surface area (Å²) in [6, 6.07) is 9.91. The van der Waals surface area contributed by atoms with Crippen LogP contribution in [0.3, 0.4) is 0 Å². The fraction of sp³-hybridized carbons (Fsp3) is 0.393. The van der Waals surface area contributed by atoms with Crippen LogP contribution in [0, 0.1) is 0 Å². The minimum Gasteiger partial charge on any atom is -0.467 e. The highest BCUT2D eigenvalue weighted by Gasteiger charge is 2.22. The second-order valence-corrected chi connectivity index (χ2v) is 10.6. The Morgan fingerprint density at radius 3 is 2.38 bits per heavy atom. The molecule has 0 spiro atoms. The lowest BCUT2D eigenvalue weighted by Gasteiger charge is -2.20. The van der Waals surface area contributed by atoms with Crippen molar-refractivity contribution in [3.05, 3.63) is 58.1 Å². The van der Waals surface area contributed by atoms with Gasteiger partial charge < -0.3 is 31.6 Å². The molecule has 2 aromatic carbocycles. The summed E-state index contributed by atoms with van der Waals surface area (Å²) in [5, 5.41) is 6.40. The van der Waals surface area contributed by atoms with Crippen LogP contribution in [0.15, 0.2) is 36.4 Å². The van der Waals surface area contributed by atoms with Crippen molar-refractivity contribution in [3.63, 3.8) is 0 Å². The minimum absolute atomic E-state index is 0.0889. The fourth-order valence-electron chi connectivity index (χ4n) is 4.01. The number of alkyl carbamates (subject to hydrolysis) is 1. The van der Waals surface area contributed by atoms with E-state index in [2.05, 4.69) is 20.6 Å². The van der Waals surface area contributed by atoms with E-state index in [4.69, 9.17) is 32.5 Å². The Hall–Kier alpha value is -4.12. The Bertz CT molecular complexity index is 1370. The summed E-state index contributed by atoms with van der Waals surface area (Å²) < 4.78 is 10.0. The molecule has 0 aliphatic carbocycles. The standard InChI is InChI=1S/C28H35ClN6O5/c1-28(2,3)40-27(38)32-15-5-6-20(25(37)39-4)33-24(36)18-11-8-16(9-12-18)7-10-17-13-14-19-21(22(17)29)23(30)35-26(31)34-19/h8-9,11-14,20H,5-7,10,15H2,1-4H3,(H,32,38)(H,33,36)(H4,30,31,34,35)/t20-/m0/s1. The maximum atomic E-state index is 12.8. The molecule has 12 heteroatoms. The first-order chi connectivity index (χ1) is 18.9. The Morgan fingerprint density at radius 1 is 1.02 bits per heavy atom. The normalized spacial score (nSPS) is 12.0. The van der Waals surface area contributed by atoms with Gasteiger partial charge in [-0.05, 0) is 75.8 Å². The van der Waals surface area contributed by atoms with Gasteiger partial charge in [-0.15, -0.1) is 0 Å². The molecular weight excluding hydrogens is 536 g/mol. The number of nitrogen functional groups attached to an aromatic ring is 2. The van der Waals surface area contributed by atoms with Crippen LogP contribution in [-0.4, -0.2) is 53.2 Å². The van der Waals surface area contributed by atoms with Gasteiger partial charge in [-0.2, -0.15) is 4.98 Å². The fourth-order valence-corrected chi connectivity index (χ4v) is 4.36. The van der Waals surface area contributed by atoms with Crippen molar-refractivity contribution < 1.29 is 23.9 Å². The number of methoxy groups -OCH3 is 1. The molecule has 214 valence electrons. The number of fused-ring (bicyclic) bond motifs is 1. The molecule has 1 aromatic heterocycles. The van der Waals surface area contributed by atoms with Gasteiger partial charge in [0.15, 0.2) is 0 Å². The number of ether oxygens (including phenoxy) is 2. The van der Waals surface area contributed by atoms with Crippen LogP contribution in [0.25, 0.3) is 10.9 Å². The molecule has 0 aliphatic heterocycles. The lowest BCUT2D eigenvalue weighted by molar-refractivity contribution is -0.143. The summed E-state index contributed by atoms with van der Waals surface area (Å²) >= 11 is 6.59. The van der Waals surface area contributed by atoms with E-state index in [1.165, 1.54) is 7.11 Å². The number of carbonyl (C=O) groups is 3. The van der Waals surface area contributed by atoms with Crippen LogP contribution >= 0.6 is 11.6 Å². The first-order valence-corrected chi connectivity index (χ1v) is 13.2. The van der Waals surface area contributed by atoms with E-state index >= 15 is 0 Å². The van der Waals surface area contributed by atoms with Crippen molar-refractivity contribution in [2.24, 2.45) is 0 Å². The predicted molar refractivity (Wildman–Crippen MR) is 154 cm³/mol. The number of esters is 1. The van der Waals surface area contributed by atoms with Gasteiger partial charge in [-0.3, -0.25) is 4.79 Å². The van der Waals surface area contributed by atoms with Gasteiger partial charge in [0.25, 0.3) is 5.91 Å². The number of nitrogens with zero attached hydrogens (tertiary/aromatic N) is 2. The number of hydrogen-bond acceptors (Lipinski definition) is 9. The number of aryl methyl sites for hydroxylation is 2. The molecule has 0 radical (unpaired) electrons. The molecule has 2 amide bonds. The highest BCUT2D eigenvalue weighted by atomic mass is 35.5. The van der Waals surface area contributed by atoms with E-state index in [1.807, 2.05) is 24.3 Å². The molecule has 3 rings (SSSR count). The van der Waals surface area contributed by atoms with Gasteiger partial charge in [0.05, 0.1) is 23.0 Å². The van der Waals surface area contributed by atoms with E-state index in [1.54, 1.807) is 32.9 Å². The molecule has 0 saturated heterocycles. The second kappa shape index (κ2) is 13.3. The second-order valence-electron chi connectivity index (χ2n) is 10.2. The molecular formula is C28H35ClN6O5. The molecule has 11 nitrogen and oxygen atoms in total. The molecule has 1 heterocycles. The molecule has 0 bridgehead atoms. The lowest BCUT2D eigenvalue weighted by Crippen LogP contribution is -2.42. The maximum absolute atomic E-state index is 12.8. The van der Waals surface area contributed by atoms with Crippen molar-refractivity contribution in [1.29, 1.82) is 0 Å². The Balaban J connectivity index is 1.56. The molecule has 3 aromatic rings. The number of hydrogen-bond donors (Lipinski definition) is 4. The van der Waals surface area contributed by atoms with Gasteiger partial charge in [0, 0.05) is 12.1 Å². The van der Waals surface area contributed by atoms with Crippen molar-refractivity contribution >= 4 is 52.2 Å². The summed E-state index contributed by atoms with van der Waals surface area (Å²) in [5.41, 5.74) is 13.9. The number of anilines is 2. The molecule has 0 saturated carbocycles. The molecule has 1 atom stereocenters. The third-order valence-corrected chi connectivity index (χ3v) is 6.39. The van der Waals surface area contributed by atoms with Gasteiger partial charge in [-0.25, -0.2) is 14.6 Å². The highest BCUT2D eigenvalue weighted by Crippen LogP contribution is 2.31. The van der Waals surface area contributed by atoms with Crippen molar-refractivity contribution in [2.75, 3.05) is 25.1 Å². The van der Waals surface area contributed by atoms with Crippen molar-refractivity contribution in [3.8, 4) is 0 Å². The van der Waals surface area contributed by atoms with Crippen LogP contribution in [-0.2, 0) is 27.1 Å². The van der Waals surface area contributed by atoms with Gasteiger partial charge >= 0.3 is 12.1 Å². The quantitative estimate of drug-likeness (QED) is 0.209. The average molecular weight is 571 g/mol. The smallest absolute Gasteiger partial charge is 0.407 e. The Kier molecular flexibility index (Phi) is 10.1. The van der Waals surface area contributed by atoms with Gasteiger partial charge in [0.1, 0.15) is 17.5 Å². The number of nitrogens with two attached hydrogens (primary N) is 2. The van der Waals surface area contributed by atoms with Crippen molar-refractivity contribution in [2.45, 2.75) is 58.1 Å². The molecule has 0 unspecified atom stereocenters. The zero-order chi connectivity index (χ0) is 29.4. The molecule has 40 heavy (non-hydrogen) atoms. The zero-order valence-electron chi connectivity index (χ0n) is 23.0. The monoisotopic (exact) mass is 570 g/mol. The van der Waals surface area contributed by atoms with Gasteiger partial charge in [-0.1, -0.05) is 29.8 Å². The predicted octanol–water partition coefficient (Wildman–Crippen LogP) is 3.81. The molecule has 0 fully saturated rings. The first kappa shape index (κ1) is 30.4. The summed E-state index contributed by atoms with van der Waals surface area (Å²) in [6.07, 6.45) is 1.46. The van der Waals surface area contributed by atoms with Crippen molar-refractivity contribution in [1.82, 2.24) is 20.6 Å². The average Bonchev–Trinajstić information content (AvgIpc) is 2.88. The third kappa shape index (κ3) is 8.44. The van der Waals surface area contributed by atoms with E-state index in [-0.39, 0.29) is 24.7 Å². The number of aromatic nitrogens is 2. The Morgan fingerprint density at radius 2 is 1.73 bits per heavy atom. The summed E-state index contributed by atoms with van der Waals surface area (Å²) in [7, 11) is 1.26. The number of rotatable bonds is 10. The van der Waals surface area contributed by atoms with Crippen LogP contribution in [0.4, 0.5) is 16.6 Å². The van der Waals surface area contributed by atoms with Gasteiger partial charge in [0.2, 0.25) is 5.95 Å². The topological polar surface area (TPSA) is 172 Å². The lowest BCUT2D eigenvalue weighted by atomic mass is 10.0. The van der Waals surface area contributed by atoms with E-state index in [0.29, 0.717) is 40.8 Å². The maximum Gasteiger partial charge on any atom is 0.407 e. The van der Waals surface area contributed by atoms with Crippen LogP contribution in [0.2, 0.25) is 5.02 Å². The van der Waals surface area contributed by atoms with E-state index < -0.39 is 29.6 Å². The zero-order valence-corrected chi connectivity index (χ0v) is 23.8. The van der Waals surface area contributed by atoms with E-state index in [9.17, 15) is 14.4 Å². The number of benzene rings is 2. The van der Waals surface area contributed by atoms with Crippen LogP contribution in [0.5, 0.6) is 0 Å². The van der Waals surface area contributed by atoms with Crippen LogP contribution < -0.4 is 22.1 Å². The Labute approximate surface area is 238 Å². The largest absolute Gasteiger partial charge is 0.467 e. The molecule has 0 aliphatic rings. The number of nitrogens with one attached hydrogen (secondary N) is 2. The highest BCUT2D eigenvalue weighted by molar-refractivity contribution is 6.37. The number of amides is 2. The van der Waals surface area contributed by atoms with Crippen LogP contribution in [0.1, 0.15) is 55.1 Å². The van der Waals surface area contributed by atoms with E-state index in [0.717, 1.165) is 11.1 Å². The number of carbonyl (C=O) groups excluding carboxylic acids is 3. The SMILES string of the molecule is COC(=O)[C@H](CCCNC(=O)OC(C)(C)C)NC(=O)c1ccc(CCc2ccc3nc(N)nc(N)c3c2Cl)cc1. The molecule has 6 N–H and O–H groups in total. The minimum atomic E-state index is -0.862. The first-order valence-electron chi connectivity index (χ1n) is 12.8.